The van der Waals surface area contributed by atoms with Gasteiger partial charge in [-0.3, -0.25) is 4.79 Å². The van der Waals surface area contributed by atoms with Crippen molar-refractivity contribution in [1.29, 1.82) is 0 Å². The maximum absolute atomic E-state index is 11.0. The van der Waals surface area contributed by atoms with Gasteiger partial charge in [0.2, 0.25) is 5.96 Å². The second-order valence-electron chi connectivity index (χ2n) is 2.23. The van der Waals surface area contributed by atoms with Crippen molar-refractivity contribution in [2.75, 3.05) is 6.54 Å². The number of aliphatic imine (C=N–C) groups is 2. The van der Waals surface area contributed by atoms with Gasteiger partial charge in [0.1, 0.15) is 6.54 Å². The molecule has 0 aromatic rings. The summed E-state index contributed by atoms with van der Waals surface area (Å²) in [6, 6.07) is -0.581. The van der Waals surface area contributed by atoms with E-state index in [2.05, 4.69) is 20.2 Å². The lowest BCUT2D eigenvalue weighted by atomic mass is 10.2. The van der Waals surface area contributed by atoms with Gasteiger partial charge in [-0.05, 0) is 0 Å². The smallest absolute Gasteiger partial charge is 0.281 e. The molecule has 2 rings (SSSR count). The molecule has 6 nitrogen and oxygen atoms in total. The van der Waals surface area contributed by atoms with Gasteiger partial charge in [0.15, 0.2) is 6.04 Å². The van der Waals surface area contributed by atoms with Gasteiger partial charge >= 0.3 is 0 Å². The number of fused-ring (bicyclic) bond motifs is 1. The van der Waals surface area contributed by atoms with Crippen LogP contribution < -0.4 is 5.73 Å². The minimum absolute atomic E-state index is 0.00792. The van der Waals surface area contributed by atoms with Crippen LogP contribution in [0.1, 0.15) is 0 Å². The van der Waals surface area contributed by atoms with Crippen LogP contribution >= 0.6 is 0 Å². The fraction of sp³-hybridized carbons (Fsp3) is 0.400. The van der Waals surface area contributed by atoms with Gasteiger partial charge in [-0.1, -0.05) is 0 Å². The fourth-order valence-corrected chi connectivity index (χ4v) is 0.983. The maximum atomic E-state index is 11.0. The molecule has 2 N–H and O–H groups in total. The highest BCUT2D eigenvalue weighted by molar-refractivity contribution is 6.19. The normalized spacial score (nSPS) is 28.0. The van der Waals surface area contributed by atoms with E-state index in [0.29, 0.717) is 12.3 Å². The van der Waals surface area contributed by atoms with Crippen LogP contribution in [0.4, 0.5) is 0 Å². The zero-order chi connectivity index (χ0) is 7.84. The number of amides is 1. The first-order chi connectivity index (χ1) is 5.27. The average molecular weight is 151 g/mol. The molecule has 2 heterocycles. The summed E-state index contributed by atoms with van der Waals surface area (Å²) in [5, 5.41) is 7.31. The highest BCUT2D eigenvalue weighted by Crippen LogP contribution is 2.11. The monoisotopic (exact) mass is 151 g/mol. The summed E-state index contributed by atoms with van der Waals surface area (Å²) < 4.78 is 0. The van der Waals surface area contributed by atoms with E-state index < -0.39 is 6.04 Å². The quantitative estimate of drug-likeness (QED) is 0.486. The van der Waals surface area contributed by atoms with Crippen LogP contribution in [0.15, 0.2) is 20.2 Å². The summed E-state index contributed by atoms with van der Waals surface area (Å²) in [5.41, 5.74) is 5.84. The largest absolute Gasteiger partial charge is 0.368 e. The van der Waals surface area contributed by atoms with Gasteiger partial charge in [0, 0.05) is 0 Å². The van der Waals surface area contributed by atoms with Crippen LogP contribution in [0.3, 0.4) is 0 Å². The Bertz CT molecular complexity index is 302. The molecule has 0 saturated heterocycles. The molecule has 0 radical (unpaired) electrons. The van der Waals surface area contributed by atoms with Crippen LogP contribution in [0.2, 0.25) is 0 Å². The predicted molar refractivity (Wildman–Crippen MR) is 37.6 cm³/mol. The summed E-state index contributed by atoms with van der Waals surface area (Å²) in [6.07, 6.45) is 0. The van der Waals surface area contributed by atoms with Crippen molar-refractivity contribution >= 4 is 17.6 Å². The second-order valence-corrected chi connectivity index (χ2v) is 2.23. The third-order valence-corrected chi connectivity index (χ3v) is 1.46. The summed E-state index contributed by atoms with van der Waals surface area (Å²) in [7, 11) is 0. The first kappa shape index (κ1) is 6.14. The van der Waals surface area contributed by atoms with Crippen molar-refractivity contribution in [2.45, 2.75) is 6.04 Å². The number of guanidine groups is 1. The highest BCUT2D eigenvalue weighted by atomic mass is 16.2. The fourth-order valence-electron chi connectivity index (χ4n) is 0.983. The molecule has 0 aromatic heterocycles. The number of carbonyl (C=O) groups excluding carboxylic acids is 1. The Morgan fingerprint density at radius 3 is 3.09 bits per heavy atom. The Kier molecular flexibility index (Phi) is 1.09. The molecule has 2 aliphatic heterocycles. The molecule has 0 saturated carbocycles. The number of hydrogen-bond acceptors (Lipinski definition) is 5. The molecule has 0 bridgehead atoms. The molecule has 11 heavy (non-hydrogen) atoms. The highest BCUT2D eigenvalue weighted by Gasteiger charge is 2.31. The standard InChI is InChI=1S/C5H5N5O/c6-5-8-2-1-7-10-3(2)4(11)9-5/h3H,1H2,(H2,6,9,11). The topological polar surface area (TPSA) is 92.5 Å². The van der Waals surface area contributed by atoms with E-state index in [1.54, 1.807) is 0 Å². The number of azo groups is 1. The minimum atomic E-state index is -0.581. The number of nitrogens with two attached hydrogens (primary N) is 1. The van der Waals surface area contributed by atoms with E-state index in [9.17, 15) is 4.79 Å². The molecule has 1 amide bonds. The van der Waals surface area contributed by atoms with Gasteiger partial charge in [0.05, 0.1) is 5.71 Å². The summed E-state index contributed by atoms with van der Waals surface area (Å²) in [5.74, 6) is -0.359. The molecule has 56 valence electrons. The first-order valence-corrected chi connectivity index (χ1v) is 3.09. The Hall–Kier alpha value is -1.59. The number of hydrogen-bond donors (Lipinski definition) is 1. The number of rotatable bonds is 0. The molecular formula is C5H5N5O. The lowest BCUT2D eigenvalue weighted by Crippen LogP contribution is -2.33. The van der Waals surface area contributed by atoms with Gasteiger partial charge in [-0.25, -0.2) is 4.99 Å². The van der Waals surface area contributed by atoms with Crippen LogP contribution in [-0.2, 0) is 4.79 Å². The molecule has 0 fully saturated rings. The van der Waals surface area contributed by atoms with E-state index in [4.69, 9.17) is 5.73 Å². The maximum Gasteiger partial charge on any atom is 0.281 e. The summed E-state index contributed by atoms with van der Waals surface area (Å²) in [6.45, 7) is 0.368. The molecule has 0 spiro atoms. The summed E-state index contributed by atoms with van der Waals surface area (Å²) in [4.78, 5) is 18.3. The molecule has 2 aliphatic rings. The molecule has 1 atom stereocenters. The van der Waals surface area contributed by atoms with Crippen molar-refractivity contribution in [2.24, 2.45) is 25.9 Å². The van der Waals surface area contributed by atoms with Crippen molar-refractivity contribution in [3.63, 3.8) is 0 Å². The van der Waals surface area contributed by atoms with E-state index in [0.717, 1.165) is 0 Å². The minimum Gasteiger partial charge on any atom is -0.368 e. The van der Waals surface area contributed by atoms with Gasteiger partial charge < -0.3 is 5.73 Å². The van der Waals surface area contributed by atoms with Crippen molar-refractivity contribution in [3.05, 3.63) is 0 Å². The van der Waals surface area contributed by atoms with Crippen LogP contribution in [0.25, 0.3) is 0 Å². The third kappa shape index (κ3) is 0.830. The number of carbonyl (C=O) groups is 1. The van der Waals surface area contributed by atoms with Gasteiger partial charge in [0.25, 0.3) is 5.91 Å². The van der Waals surface area contributed by atoms with Crippen molar-refractivity contribution in [1.82, 2.24) is 0 Å². The van der Waals surface area contributed by atoms with Crippen molar-refractivity contribution in [3.8, 4) is 0 Å². The SMILES string of the molecule is NC1=NC(=O)C2N=NCC2=N1. The third-order valence-electron chi connectivity index (χ3n) is 1.46. The summed E-state index contributed by atoms with van der Waals surface area (Å²) >= 11 is 0. The number of nitrogens with zero attached hydrogens (tertiary/aromatic N) is 4. The Morgan fingerprint density at radius 1 is 1.45 bits per heavy atom. The van der Waals surface area contributed by atoms with Crippen LogP contribution in [0, 0.1) is 0 Å². The first-order valence-electron chi connectivity index (χ1n) is 3.09. The van der Waals surface area contributed by atoms with Crippen LogP contribution in [0.5, 0.6) is 0 Å². The van der Waals surface area contributed by atoms with Crippen molar-refractivity contribution < 1.29 is 4.79 Å². The van der Waals surface area contributed by atoms with E-state index in [1.165, 1.54) is 0 Å². The van der Waals surface area contributed by atoms with Gasteiger partial charge in [-0.15, -0.1) is 0 Å². The van der Waals surface area contributed by atoms with Crippen LogP contribution in [-0.4, -0.2) is 30.2 Å². The van der Waals surface area contributed by atoms with E-state index in [1.807, 2.05) is 0 Å². The molecule has 0 aliphatic carbocycles. The zero-order valence-electron chi connectivity index (χ0n) is 5.56. The lowest BCUT2D eigenvalue weighted by molar-refractivity contribution is -0.117. The second kappa shape index (κ2) is 1.94. The molecule has 1 unspecified atom stereocenters. The zero-order valence-corrected chi connectivity index (χ0v) is 5.56. The average Bonchev–Trinajstić information content (AvgIpc) is 2.34. The molecule has 0 aromatic carbocycles. The van der Waals surface area contributed by atoms with E-state index >= 15 is 0 Å². The van der Waals surface area contributed by atoms with Gasteiger partial charge in [-0.2, -0.15) is 15.2 Å². The molecule has 6 heteroatoms. The predicted octanol–water partition coefficient (Wildman–Crippen LogP) is -0.883. The Labute approximate surface area is 61.9 Å². The Balaban J connectivity index is 2.41. The molecular weight excluding hydrogens is 146 g/mol. The Morgan fingerprint density at radius 2 is 2.27 bits per heavy atom. The lowest BCUT2D eigenvalue weighted by Gasteiger charge is -2.07. The van der Waals surface area contributed by atoms with E-state index in [-0.39, 0.29) is 11.9 Å².